The molecule has 0 aliphatic rings. The summed E-state index contributed by atoms with van der Waals surface area (Å²) in [4.78, 5) is 17.1. The first-order valence-corrected chi connectivity index (χ1v) is 7.58. The third kappa shape index (κ3) is 5.04. The Morgan fingerprint density at radius 1 is 1.24 bits per heavy atom. The highest BCUT2D eigenvalue weighted by molar-refractivity contribution is 8.00. The van der Waals surface area contributed by atoms with E-state index in [-0.39, 0.29) is 5.91 Å². The molecule has 1 amide bonds. The molecule has 1 N–H and O–H groups in total. The molecule has 2 aromatic rings. The number of rotatable bonds is 5. The summed E-state index contributed by atoms with van der Waals surface area (Å²) >= 11 is 1.50. The van der Waals surface area contributed by atoms with Crippen LogP contribution in [-0.2, 0) is 4.79 Å². The summed E-state index contributed by atoms with van der Waals surface area (Å²) in [6, 6.07) is 13.6. The lowest BCUT2D eigenvalue weighted by atomic mass is 10.2. The van der Waals surface area contributed by atoms with E-state index in [1.807, 2.05) is 56.3 Å². The van der Waals surface area contributed by atoms with Crippen LogP contribution in [0.4, 0.5) is 0 Å². The summed E-state index contributed by atoms with van der Waals surface area (Å²) in [5.41, 5.74) is 5.32. The fourth-order valence-electron chi connectivity index (χ4n) is 1.70. The second-order valence-corrected chi connectivity index (χ2v) is 5.57. The molecular weight excluding hydrogens is 282 g/mol. The number of nitrogens with zero attached hydrogens (tertiary/aromatic N) is 2. The molecule has 1 heterocycles. The Kier molecular flexibility index (Phi) is 5.51. The van der Waals surface area contributed by atoms with E-state index in [4.69, 9.17) is 0 Å². The van der Waals surface area contributed by atoms with Crippen LogP contribution in [-0.4, -0.2) is 22.9 Å². The summed E-state index contributed by atoms with van der Waals surface area (Å²) in [6.45, 7) is 3.94. The van der Waals surface area contributed by atoms with Crippen LogP contribution in [0.1, 0.15) is 17.0 Å². The predicted molar refractivity (Wildman–Crippen MR) is 86.6 cm³/mol. The van der Waals surface area contributed by atoms with Gasteiger partial charge in [0.05, 0.1) is 17.7 Å². The molecule has 0 aliphatic heterocycles. The summed E-state index contributed by atoms with van der Waals surface area (Å²) in [6.07, 6.45) is 1.54. The van der Waals surface area contributed by atoms with Gasteiger partial charge in [-0.3, -0.25) is 9.78 Å². The van der Waals surface area contributed by atoms with Crippen LogP contribution in [0.3, 0.4) is 0 Å². The Morgan fingerprint density at radius 2 is 2.05 bits per heavy atom. The van der Waals surface area contributed by atoms with Crippen molar-refractivity contribution in [2.24, 2.45) is 5.10 Å². The van der Waals surface area contributed by atoms with Gasteiger partial charge < -0.3 is 0 Å². The molecule has 0 radical (unpaired) electrons. The van der Waals surface area contributed by atoms with Gasteiger partial charge in [0.2, 0.25) is 5.91 Å². The molecule has 21 heavy (non-hydrogen) atoms. The highest BCUT2D eigenvalue weighted by Crippen LogP contribution is 2.21. The second kappa shape index (κ2) is 7.59. The van der Waals surface area contributed by atoms with Gasteiger partial charge >= 0.3 is 0 Å². The largest absolute Gasteiger partial charge is 0.272 e. The first-order chi connectivity index (χ1) is 10.1. The number of hydrogen-bond donors (Lipinski definition) is 1. The van der Waals surface area contributed by atoms with Crippen molar-refractivity contribution < 1.29 is 4.79 Å². The molecule has 5 heteroatoms. The SMILES string of the molecule is Cc1cccc(/C=N/NC(=O)CSc2ccccc2C)n1. The third-order valence-electron chi connectivity index (χ3n) is 2.75. The van der Waals surface area contributed by atoms with Crippen LogP contribution < -0.4 is 5.43 Å². The zero-order valence-electron chi connectivity index (χ0n) is 12.0. The number of carbonyl (C=O) groups excluding carboxylic acids is 1. The van der Waals surface area contributed by atoms with Gasteiger partial charge in [-0.25, -0.2) is 5.43 Å². The van der Waals surface area contributed by atoms with Crippen LogP contribution in [0, 0.1) is 13.8 Å². The number of pyridine rings is 1. The molecule has 1 aromatic heterocycles. The first-order valence-electron chi connectivity index (χ1n) is 6.59. The molecule has 0 fully saturated rings. The molecular formula is C16H17N3OS. The number of carbonyl (C=O) groups is 1. The van der Waals surface area contributed by atoms with Crippen LogP contribution in [0.25, 0.3) is 0 Å². The average molecular weight is 299 g/mol. The average Bonchev–Trinajstić information content (AvgIpc) is 2.46. The quantitative estimate of drug-likeness (QED) is 0.524. The number of amides is 1. The maximum Gasteiger partial charge on any atom is 0.250 e. The van der Waals surface area contributed by atoms with Crippen molar-refractivity contribution in [2.45, 2.75) is 18.7 Å². The lowest BCUT2D eigenvalue weighted by Gasteiger charge is -2.03. The number of nitrogens with one attached hydrogen (secondary N) is 1. The van der Waals surface area contributed by atoms with E-state index in [2.05, 4.69) is 15.5 Å². The Hall–Kier alpha value is -2.14. The van der Waals surface area contributed by atoms with E-state index in [1.54, 1.807) is 6.21 Å². The fourth-order valence-corrected chi connectivity index (χ4v) is 2.52. The van der Waals surface area contributed by atoms with Crippen molar-refractivity contribution >= 4 is 23.9 Å². The smallest absolute Gasteiger partial charge is 0.250 e. The van der Waals surface area contributed by atoms with Gasteiger partial charge in [0.25, 0.3) is 0 Å². The van der Waals surface area contributed by atoms with Crippen molar-refractivity contribution in [3.63, 3.8) is 0 Å². The normalized spacial score (nSPS) is 10.8. The van der Waals surface area contributed by atoms with Crippen LogP contribution in [0.15, 0.2) is 52.5 Å². The highest BCUT2D eigenvalue weighted by atomic mass is 32.2. The van der Waals surface area contributed by atoms with Crippen molar-refractivity contribution in [2.75, 3.05) is 5.75 Å². The Morgan fingerprint density at radius 3 is 2.81 bits per heavy atom. The molecule has 0 atom stereocenters. The Labute approximate surface area is 128 Å². The molecule has 0 saturated carbocycles. The molecule has 2 rings (SSSR count). The minimum atomic E-state index is -0.132. The highest BCUT2D eigenvalue weighted by Gasteiger charge is 2.03. The molecule has 0 spiro atoms. The number of aromatic nitrogens is 1. The second-order valence-electron chi connectivity index (χ2n) is 4.55. The van der Waals surface area contributed by atoms with Gasteiger partial charge in [-0.15, -0.1) is 11.8 Å². The van der Waals surface area contributed by atoms with Crippen molar-refractivity contribution in [3.05, 3.63) is 59.4 Å². The number of hydrazone groups is 1. The standard InChI is InChI=1S/C16H17N3OS/c1-12-6-3-4-9-15(12)21-11-16(20)19-17-10-14-8-5-7-13(2)18-14/h3-10H,11H2,1-2H3,(H,19,20)/b17-10+. The molecule has 0 bridgehead atoms. The zero-order valence-corrected chi connectivity index (χ0v) is 12.9. The summed E-state index contributed by atoms with van der Waals surface area (Å²) < 4.78 is 0. The maximum atomic E-state index is 11.7. The number of hydrogen-bond acceptors (Lipinski definition) is 4. The van der Waals surface area contributed by atoms with Gasteiger partial charge in [0.15, 0.2) is 0 Å². The van der Waals surface area contributed by atoms with E-state index in [0.717, 1.165) is 16.3 Å². The van der Waals surface area contributed by atoms with Crippen molar-refractivity contribution in [3.8, 4) is 0 Å². The monoisotopic (exact) mass is 299 g/mol. The van der Waals surface area contributed by atoms with Crippen molar-refractivity contribution in [1.82, 2.24) is 10.4 Å². The summed E-state index contributed by atoms with van der Waals surface area (Å²) in [5, 5.41) is 3.92. The molecule has 4 nitrogen and oxygen atoms in total. The van der Waals surface area contributed by atoms with Gasteiger partial charge in [0.1, 0.15) is 0 Å². The molecule has 0 saturated heterocycles. The minimum Gasteiger partial charge on any atom is -0.272 e. The Balaban J connectivity index is 1.81. The lowest BCUT2D eigenvalue weighted by Crippen LogP contribution is -2.19. The molecule has 0 unspecified atom stereocenters. The van der Waals surface area contributed by atoms with Gasteiger partial charge in [-0.05, 0) is 37.6 Å². The minimum absolute atomic E-state index is 0.132. The van der Waals surface area contributed by atoms with Crippen LogP contribution >= 0.6 is 11.8 Å². The van der Waals surface area contributed by atoms with Crippen LogP contribution in [0.5, 0.6) is 0 Å². The molecule has 1 aromatic carbocycles. The van der Waals surface area contributed by atoms with Crippen molar-refractivity contribution in [1.29, 1.82) is 0 Å². The zero-order chi connectivity index (χ0) is 15.1. The predicted octanol–water partition coefficient (Wildman–Crippen LogP) is 2.94. The Bertz CT molecular complexity index is 655. The number of aryl methyl sites for hydroxylation is 2. The first kappa shape index (κ1) is 15.3. The van der Waals surface area contributed by atoms with E-state index in [9.17, 15) is 4.79 Å². The number of benzene rings is 1. The third-order valence-corrected chi connectivity index (χ3v) is 3.92. The topological polar surface area (TPSA) is 54.4 Å². The van der Waals surface area contributed by atoms with E-state index < -0.39 is 0 Å². The maximum absolute atomic E-state index is 11.7. The summed E-state index contributed by atoms with van der Waals surface area (Å²) in [7, 11) is 0. The van der Waals surface area contributed by atoms with E-state index in [1.165, 1.54) is 17.3 Å². The van der Waals surface area contributed by atoms with Crippen LogP contribution in [0.2, 0.25) is 0 Å². The van der Waals surface area contributed by atoms with E-state index in [0.29, 0.717) is 5.75 Å². The fraction of sp³-hybridized carbons (Fsp3) is 0.188. The van der Waals surface area contributed by atoms with E-state index >= 15 is 0 Å². The number of thioether (sulfide) groups is 1. The molecule has 108 valence electrons. The van der Waals surface area contributed by atoms with Gasteiger partial charge in [-0.1, -0.05) is 24.3 Å². The van der Waals surface area contributed by atoms with Gasteiger partial charge in [-0.2, -0.15) is 5.10 Å². The summed E-state index contributed by atoms with van der Waals surface area (Å²) in [5.74, 6) is 0.204. The van der Waals surface area contributed by atoms with Gasteiger partial charge in [0, 0.05) is 10.6 Å². The lowest BCUT2D eigenvalue weighted by molar-refractivity contribution is -0.118. The molecule has 0 aliphatic carbocycles.